The second-order valence-corrected chi connectivity index (χ2v) is 6.98. The number of nitrogens with one attached hydrogen (secondary N) is 1. The Morgan fingerprint density at radius 3 is 2.79 bits per heavy atom. The Morgan fingerprint density at radius 1 is 1.10 bits per heavy atom. The molecular formula is C23H19ClN2O3. The van der Waals surface area contributed by atoms with Gasteiger partial charge in [0.15, 0.2) is 5.58 Å². The Labute approximate surface area is 173 Å². The van der Waals surface area contributed by atoms with Crippen LogP contribution in [0.15, 0.2) is 71.1 Å². The predicted molar refractivity (Wildman–Crippen MR) is 115 cm³/mol. The molecule has 0 bridgehead atoms. The molecule has 3 aromatic carbocycles. The van der Waals surface area contributed by atoms with Gasteiger partial charge in [-0.3, -0.25) is 4.79 Å². The Morgan fingerprint density at radius 2 is 1.97 bits per heavy atom. The summed E-state index contributed by atoms with van der Waals surface area (Å²) in [6, 6.07) is 19.8. The van der Waals surface area contributed by atoms with E-state index in [4.69, 9.17) is 20.8 Å². The zero-order valence-corrected chi connectivity index (χ0v) is 16.6. The van der Waals surface area contributed by atoms with Crippen molar-refractivity contribution in [3.05, 3.63) is 77.3 Å². The Bertz CT molecular complexity index is 1170. The smallest absolute Gasteiger partial charge is 0.255 e. The minimum atomic E-state index is -0.218. The molecule has 6 heteroatoms. The van der Waals surface area contributed by atoms with Gasteiger partial charge in [0.2, 0.25) is 5.89 Å². The van der Waals surface area contributed by atoms with Crippen LogP contribution in [0, 0.1) is 0 Å². The minimum Gasteiger partial charge on any atom is -0.494 e. The van der Waals surface area contributed by atoms with Gasteiger partial charge in [-0.1, -0.05) is 30.7 Å². The third-order valence-electron chi connectivity index (χ3n) is 4.29. The first-order valence-corrected chi connectivity index (χ1v) is 9.71. The molecule has 0 fully saturated rings. The van der Waals surface area contributed by atoms with Crippen LogP contribution >= 0.6 is 11.6 Å². The average Bonchev–Trinajstić information content (AvgIpc) is 3.16. The van der Waals surface area contributed by atoms with E-state index in [1.165, 1.54) is 0 Å². The molecule has 29 heavy (non-hydrogen) atoms. The van der Waals surface area contributed by atoms with Gasteiger partial charge in [-0.05, 0) is 61.0 Å². The van der Waals surface area contributed by atoms with Crippen molar-refractivity contribution >= 4 is 34.3 Å². The molecule has 0 aliphatic heterocycles. The van der Waals surface area contributed by atoms with E-state index in [1.54, 1.807) is 48.5 Å². The summed E-state index contributed by atoms with van der Waals surface area (Å²) in [7, 11) is 0. The topological polar surface area (TPSA) is 64.4 Å². The molecule has 4 aromatic rings. The number of aromatic nitrogens is 1. The summed E-state index contributed by atoms with van der Waals surface area (Å²) in [6.07, 6.45) is 0.908. The Kier molecular flexibility index (Phi) is 5.49. The summed E-state index contributed by atoms with van der Waals surface area (Å²) >= 11 is 6.05. The first-order valence-electron chi connectivity index (χ1n) is 9.33. The second-order valence-electron chi connectivity index (χ2n) is 6.54. The summed E-state index contributed by atoms with van der Waals surface area (Å²) in [4.78, 5) is 17.1. The number of amides is 1. The van der Waals surface area contributed by atoms with Crippen LogP contribution in [0.3, 0.4) is 0 Å². The molecular weight excluding hydrogens is 388 g/mol. The van der Waals surface area contributed by atoms with Crippen molar-refractivity contribution in [3.8, 4) is 17.2 Å². The van der Waals surface area contributed by atoms with Gasteiger partial charge in [0.1, 0.15) is 11.3 Å². The second kappa shape index (κ2) is 8.37. The minimum absolute atomic E-state index is 0.218. The van der Waals surface area contributed by atoms with Crippen molar-refractivity contribution < 1.29 is 13.9 Å². The molecule has 0 radical (unpaired) electrons. The summed E-state index contributed by atoms with van der Waals surface area (Å²) in [5.41, 5.74) is 3.24. The van der Waals surface area contributed by atoms with E-state index >= 15 is 0 Å². The molecule has 4 rings (SSSR count). The molecule has 0 atom stereocenters. The molecule has 1 aromatic heterocycles. The summed E-state index contributed by atoms with van der Waals surface area (Å²) in [5, 5.41) is 3.51. The van der Waals surface area contributed by atoms with E-state index < -0.39 is 0 Å². The standard InChI is InChI=1S/C23H19ClN2O3/c1-2-11-28-19-8-4-5-15(13-19)22(27)25-18-9-10-21-20(14-18)26-23(29-21)16-6-3-7-17(24)12-16/h3-10,12-14H,2,11H2,1H3,(H,25,27). The monoisotopic (exact) mass is 406 g/mol. The molecule has 1 N–H and O–H groups in total. The van der Waals surface area contributed by atoms with Crippen LogP contribution < -0.4 is 10.1 Å². The van der Waals surface area contributed by atoms with Gasteiger partial charge in [-0.2, -0.15) is 0 Å². The number of carbonyl (C=O) groups excluding carboxylic acids is 1. The quantitative estimate of drug-likeness (QED) is 0.414. The maximum absolute atomic E-state index is 12.6. The van der Waals surface area contributed by atoms with Crippen LogP contribution in [0.2, 0.25) is 5.02 Å². The van der Waals surface area contributed by atoms with E-state index in [0.717, 1.165) is 12.0 Å². The zero-order valence-electron chi connectivity index (χ0n) is 15.8. The van der Waals surface area contributed by atoms with Crippen molar-refractivity contribution in [2.45, 2.75) is 13.3 Å². The molecule has 0 saturated heterocycles. The molecule has 0 unspecified atom stereocenters. The largest absolute Gasteiger partial charge is 0.494 e. The Balaban J connectivity index is 1.55. The number of anilines is 1. The van der Waals surface area contributed by atoms with Crippen LogP contribution in [0.25, 0.3) is 22.6 Å². The van der Waals surface area contributed by atoms with Crippen LogP contribution in [0.5, 0.6) is 5.75 Å². The van der Waals surface area contributed by atoms with Crippen LogP contribution in [-0.2, 0) is 0 Å². The van der Waals surface area contributed by atoms with Crippen LogP contribution in [0.1, 0.15) is 23.7 Å². The summed E-state index contributed by atoms with van der Waals surface area (Å²) in [5.74, 6) is 0.939. The molecule has 146 valence electrons. The fourth-order valence-electron chi connectivity index (χ4n) is 2.90. The maximum Gasteiger partial charge on any atom is 0.255 e. The van der Waals surface area contributed by atoms with Gasteiger partial charge in [0, 0.05) is 21.8 Å². The van der Waals surface area contributed by atoms with Crippen LogP contribution in [0.4, 0.5) is 5.69 Å². The highest BCUT2D eigenvalue weighted by molar-refractivity contribution is 6.30. The highest BCUT2D eigenvalue weighted by Crippen LogP contribution is 2.28. The fraction of sp³-hybridized carbons (Fsp3) is 0.130. The van der Waals surface area contributed by atoms with Gasteiger partial charge in [0.05, 0.1) is 6.61 Å². The molecule has 0 aliphatic carbocycles. The number of oxazole rings is 1. The molecule has 1 heterocycles. The maximum atomic E-state index is 12.6. The molecule has 0 spiro atoms. The first kappa shape index (κ1) is 19.0. The van der Waals surface area contributed by atoms with Gasteiger partial charge in [-0.25, -0.2) is 4.98 Å². The number of nitrogens with zero attached hydrogens (tertiary/aromatic N) is 1. The van der Waals surface area contributed by atoms with E-state index in [-0.39, 0.29) is 5.91 Å². The number of halogens is 1. The van der Waals surface area contributed by atoms with Gasteiger partial charge in [-0.15, -0.1) is 0 Å². The third-order valence-corrected chi connectivity index (χ3v) is 4.52. The average molecular weight is 407 g/mol. The lowest BCUT2D eigenvalue weighted by Gasteiger charge is -2.08. The lowest BCUT2D eigenvalue weighted by atomic mass is 10.2. The van der Waals surface area contributed by atoms with E-state index in [9.17, 15) is 4.79 Å². The number of hydrogen-bond acceptors (Lipinski definition) is 4. The number of benzene rings is 3. The van der Waals surface area contributed by atoms with Gasteiger partial charge in [0.25, 0.3) is 5.91 Å². The van der Waals surface area contributed by atoms with Crippen molar-refractivity contribution in [1.29, 1.82) is 0 Å². The lowest BCUT2D eigenvalue weighted by molar-refractivity contribution is 0.102. The van der Waals surface area contributed by atoms with E-state index in [0.29, 0.717) is 45.6 Å². The number of carbonyl (C=O) groups is 1. The molecule has 1 amide bonds. The zero-order chi connectivity index (χ0) is 20.2. The van der Waals surface area contributed by atoms with Gasteiger partial charge < -0.3 is 14.5 Å². The van der Waals surface area contributed by atoms with Crippen molar-refractivity contribution in [3.63, 3.8) is 0 Å². The molecule has 5 nitrogen and oxygen atoms in total. The van der Waals surface area contributed by atoms with E-state index in [2.05, 4.69) is 10.3 Å². The lowest BCUT2D eigenvalue weighted by Crippen LogP contribution is -2.12. The highest BCUT2D eigenvalue weighted by Gasteiger charge is 2.12. The van der Waals surface area contributed by atoms with Crippen molar-refractivity contribution in [2.24, 2.45) is 0 Å². The van der Waals surface area contributed by atoms with Crippen molar-refractivity contribution in [2.75, 3.05) is 11.9 Å². The van der Waals surface area contributed by atoms with E-state index in [1.807, 2.05) is 25.1 Å². The number of rotatable bonds is 6. The number of fused-ring (bicyclic) bond motifs is 1. The number of ether oxygens (including phenoxy) is 1. The Hall–Kier alpha value is -3.31. The highest BCUT2D eigenvalue weighted by atomic mass is 35.5. The van der Waals surface area contributed by atoms with Gasteiger partial charge >= 0.3 is 0 Å². The van der Waals surface area contributed by atoms with Crippen LogP contribution in [-0.4, -0.2) is 17.5 Å². The summed E-state index contributed by atoms with van der Waals surface area (Å²) in [6.45, 7) is 2.65. The predicted octanol–water partition coefficient (Wildman–Crippen LogP) is 6.19. The summed E-state index contributed by atoms with van der Waals surface area (Å²) < 4.78 is 11.4. The normalized spacial score (nSPS) is 10.8. The molecule has 0 saturated carbocycles. The molecule has 0 aliphatic rings. The third kappa shape index (κ3) is 4.41. The number of hydrogen-bond donors (Lipinski definition) is 1. The van der Waals surface area contributed by atoms with Crippen molar-refractivity contribution in [1.82, 2.24) is 4.98 Å². The SMILES string of the molecule is CCCOc1cccc(C(=O)Nc2ccc3oc(-c4cccc(Cl)c4)nc3c2)c1. The fourth-order valence-corrected chi connectivity index (χ4v) is 3.09. The first-order chi connectivity index (χ1) is 14.1.